The van der Waals surface area contributed by atoms with Gasteiger partial charge in [0.05, 0.1) is 31.7 Å². The first kappa shape index (κ1) is 21.9. The van der Waals surface area contributed by atoms with E-state index < -0.39 is 0 Å². The highest BCUT2D eigenvalue weighted by Gasteiger charge is 2.16. The van der Waals surface area contributed by atoms with Crippen LogP contribution >= 0.6 is 0 Å². The highest BCUT2D eigenvalue weighted by molar-refractivity contribution is 5.66. The second kappa shape index (κ2) is 10.3. The van der Waals surface area contributed by atoms with E-state index in [-0.39, 0.29) is 0 Å². The lowest BCUT2D eigenvalue weighted by Crippen LogP contribution is -2.36. The molecule has 2 N–H and O–H groups in total. The van der Waals surface area contributed by atoms with Gasteiger partial charge in [-0.25, -0.2) is 9.97 Å². The van der Waals surface area contributed by atoms with Crippen molar-refractivity contribution in [2.75, 3.05) is 48.4 Å². The molecule has 0 aliphatic carbocycles. The molecule has 1 aliphatic heterocycles. The Kier molecular flexibility index (Phi) is 6.66. The van der Waals surface area contributed by atoms with Crippen LogP contribution in [0.3, 0.4) is 0 Å². The SMILES string of the molecule is CCCCOc1ccc(Nc2nc(Nc3ccn4ccnc4c3)cc(N3CCOCC3)n2)cn1. The maximum absolute atomic E-state index is 5.65. The average Bonchev–Trinajstić information content (AvgIpc) is 3.34. The lowest BCUT2D eigenvalue weighted by Gasteiger charge is -2.28. The first-order chi connectivity index (χ1) is 16.8. The molecule has 5 rings (SSSR count). The summed E-state index contributed by atoms with van der Waals surface area (Å²) in [6.45, 7) is 5.71. The summed E-state index contributed by atoms with van der Waals surface area (Å²) >= 11 is 0. The standard InChI is InChI=1S/C24H28N8O2/c1-2-3-12-34-23-5-4-19(17-26-23)28-24-29-20(16-22(30-24)32-10-13-33-14-11-32)27-18-6-8-31-9-7-25-21(31)15-18/h4-9,15-17H,2-3,10-14H2,1H3,(H2,27,28,29,30). The summed E-state index contributed by atoms with van der Waals surface area (Å²) < 4.78 is 13.1. The smallest absolute Gasteiger partial charge is 0.231 e. The largest absolute Gasteiger partial charge is 0.478 e. The van der Waals surface area contributed by atoms with Crippen LogP contribution in [-0.2, 0) is 4.74 Å². The zero-order chi connectivity index (χ0) is 23.2. The molecule has 0 bridgehead atoms. The molecular formula is C24H28N8O2. The van der Waals surface area contributed by atoms with E-state index in [0.717, 1.165) is 48.8 Å². The number of nitrogens with zero attached hydrogens (tertiary/aromatic N) is 6. The fourth-order valence-electron chi connectivity index (χ4n) is 3.63. The Balaban J connectivity index is 1.37. The molecule has 4 aromatic heterocycles. The molecule has 10 heteroatoms. The third-order valence-electron chi connectivity index (χ3n) is 5.46. The lowest BCUT2D eigenvalue weighted by atomic mass is 10.3. The van der Waals surface area contributed by atoms with E-state index in [1.807, 2.05) is 47.1 Å². The van der Waals surface area contributed by atoms with Crippen LogP contribution in [0.2, 0.25) is 0 Å². The van der Waals surface area contributed by atoms with Gasteiger partial charge in [0.2, 0.25) is 11.8 Å². The number of nitrogens with one attached hydrogen (secondary N) is 2. The lowest BCUT2D eigenvalue weighted by molar-refractivity contribution is 0.122. The number of anilines is 5. The predicted molar refractivity (Wildman–Crippen MR) is 131 cm³/mol. The predicted octanol–water partition coefficient (Wildman–Crippen LogP) is 4.02. The Labute approximate surface area is 198 Å². The summed E-state index contributed by atoms with van der Waals surface area (Å²) in [7, 11) is 0. The highest BCUT2D eigenvalue weighted by Crippen LogP contribution is 2.25. The van der Waals surface area contributed by atoms with Crippen molar-refractivity contribution in [2.24, 2.45) is 0 Å². The summed E-state index contributed by atoms with van der Waals surface area (Å²) in [5, 5.41) is 6.67. The Morgan fingerprint density at radius 2 is 1.91 bits per heavy atom. The molecule has 1 aliphatic rings. The second-order valence-electron chi connectivity index (χ2n) is 7.98. The Hall–Kier alpha value is -3.92. The fraction of sp³-hybridized carbons (Fsp3) is 0.333. The Bertz CT molecular complexity index is 1220. The maximum atomic E-state index is 5.65. The van der Waals surface area contributed by atoms with E-state index >= 15 is 0 Å². The van der Waals surface area contributed by atoms with Gasteiger partial charge in [-0.3, -0.25) is 0 Å². The molecule has 0 spiro atoms. The fourth-order valence-corrected chi connectivity index (χ4v) is 3.63. The van der Waals surface area contributed by atoms with E-state index in [2.05, 4.69) is 32.4 Å². The molecule has 0 aromatic carbocycles. The van der Waals surface area contributed by atoms with E-state index in [9.17, 15) is 0 Å². The Morgan fingerprint density at radius 3 is 2.74 bits per heavy atom. The molecule has 176 valence electrons. The van der Waals surface area contributed by atoms with Gasteiger partial charge in [0.25, 0.3) is 0 Å². The van der Waals surface area contributed by atoms with Gasteiger partial charge in [-0.2, -0.15) is 9.97 Å². The quantitative estimate of drug-likeness (QED) is 0.359. The third-order valence-corrected chi connectivity index (χ3v) is 5.46. The molecule has 5 heterocycles. The molecule has 0 amide bonds. The van der Waals surface area contributed by atoms with E-state index in [0.29, 0.717) is 37.5 Å². The van der Waals surface area contributed by atoms with Gasteiger partial charge in [0, 0.05) is 55.6 Å². The van der Waals surface area contributed by atoms with Crippen LogP contribution in [0.5, 0.6) is 5.88 Å². The van der Waals surface area contributed by atoms with Gasteiger partial charge >= 0.3 is 0 Å². The minimum atomic E-state index is 0.481. The first-order valence-corrected chi connectivity index (χ1v) is 11.5. The molecule has 0 radical (unpaired) electrons. The van der Waals surface area contributed by atoms with Crippen molar-refractivity contribution in [3.05, 3.63) is 55.1 Å². The monoisotopic (exact) mass is 460 g/mol. The van der Waals surface area contributed by atoms with Crippen LogP contribution in [0, 0.1) is 0 Å². The van der Waals surface area contributed by atoms with Gasteiger partial charge in [0.1, 0.15) is 17.3 Å². The summed E-state index contributed by atoms with van der Waals surface area (Å²) in [5.41, 5.74) is 2.54. The molecular weight excluding hydrogens is 432 g/mol. The number of rotatable bonds is 9. The number of imidazole rings is 1. The van der Waals surface area contributed by atoms with Gasteiger partial charge < -0.3 is 29.4 Å². The van der Waals surface area contributed by atoms with E-state index in [4.69, 9.17) is 19.4 Å². The molecule has 0 unspecified atom stereocenters. The van der Waals surface area contributed by atoms with Crippen LogP contribution in [0.25, 0.3) is 5.65 Å². The number of hydrogen-bond acceptors (Lipinski definition) is 9. The average molecular weight is 461 g/mol. The molecule has 0 saturated carbocycles. The molecule has 34 heavy (non-hydrogen) atoms. The molecule has 1 saturated heterocycles. The molecule has 1 fully saturated rings. The summed E-state index contributed by atoms with van der Waals surface area (Å²) in [4.78, 5) is 20.4. The topological polar surface area (TPSA) is 102 Å². The van der Waals surface area contributed by atoms with Crippen LogP contribution < -0.4 is 20.3 Å². The summed E-state index contributed by atoms with van der Waals surface area (Å²) in [6, 6.07) is 9.68. The number of aromatic nitrogens is 5. The second-order valence-corrected chi connectivity index (χ2v) is 7.98. The minimum absolute atomic E-state index is 0.481. The summed E-state index contributed by atoms with van der Waals surface area (Å²) in [5.74, 6) is 2.61. The summed E-state index contributed by atoms with van der Waals surface area (Å²) in [6.07, 6.45) is 9.47. The van der Waals surface area contributed by atoms with Crippen molar-refractivity contribution in [1.82, 2.24) is 24.3 Å². The van der Waals surface area contributed by atoms with Gasteiger partial charge in [-0.1, -0.05) is 13.3 Å². The van der Waals surface area contributed by atoms with Crippen molar-refractivity contribution in [1.29, 1.82) is 0 Å². The number of hydrogen-bond donors (Lipinski definition) is 2. The number of pyridine rings is 2. The zero-order valence-corrected chi connectivity index (χ0v) is 19.1. The highest BCUT2D eigenvalue weighted by atomic mass is 16.5. The molecule has 0 atom stereocenters. The van der Waals surface area contributed by atoms with E-state index in [1.165, 1.54) is 0 Å². The first-order valence-electron chi connectivity index (χ1n) is 11.5. The minimum Gasteiger partial charge on any atom is -0.478 e. The van der Waals surface area contributed by atoms with Gasteiger partial charge in [0.15, 0.2) is 0 Å². The van der Waals surface area contributed by atoms with Crippen molar-refractivity contribution in [3.8, 4) is 5.88 Å². The number of morpholine rings is 1. The molecule has 4 aromatic rings. The van der Waals surface area contributed by atoms with Crippen LogP contribution in [-0.4, -0.2) is 57.2 Å². The maximum Gasteiger partial charge on any atom is 0.231 e. The van der Waals surface area contributed by atoms with Gasteiger partial charge in [-0.15, -0.1) is 0 Å². The van der Waals surface area contributed by atoms with Crippen LogP contribution in [0.1, 0.15) is 19.8 Å². The van der Waals surface area contributed by atoms with Crippen LogP contribution in [0.15, 0.2) is 55.1 Å². The van der Waals surface area contributed by atoms with Crippen molar-refractivity contribution >= 4 is 34.6 Å². The van der Waals surface area contributed by atoms with Crippen molar-refractivity contribution < 1.29 is 9.47 Å². The number of ether oxygens (including phenoxy) is 2. The third kappa shape index (κ3) is 5.34. The van der Waals surface area contributed by atoms with Crippen molar-refractivity contribution in [3.63, 3.8) is 0 Å². The number of unbranched alkanes of at least 4 members (excludes halogenated alkanes) is 1. The zero-order valence-electron chi connectivity index (χ0n) is 19.1. The van der Waals surface area contributed by atoms with Crippen molar-refractivity contribution in [2.45, 2.75) is 19.8 Å². The Morgan fingerprint density at radius 1 is 1.00 bits per heavy atom. The van der Waals surface area contributed by atoms with Crippen LogP contribution in [0.4, 0.5) is 29.0 Å². The molecule has 10 nitrogen and oxygen atoms in total. The van der Waals surface area contributed by atoms with Gasteiger partial charge in [-0.05, 0) is 18.6 Å². The number of fused-ring (bicyclic) bond motifs is 1. The van der Waals surface area contributed by atoms with E-state index in [1.54, 1.807) is 12.4 Å². The normalized spacial score (nSPS) is 13.7.